The minimum atomic E-state index is 0.218. The van der Waals surface area contributed by atoms with Gasteiger partial charge in [-0.3, -0.25) is 4.90 Å². The van der Waals surface area contributed by atoms with Crippen LogP contribution in [0.1, 0.15) is 6.92 Å². The van der Waals surface area contributed by atoms with E-state index >= 15 is 0 Å². The Hall–Kier alpha value is -0.910. The van der Waals surface area contributed by atoms with Gasteiger partial charge in [-0.2, -0.15) is 5.10 Å². The molecule has 94 valence electrons. The van der Waals surface area contributed by atoms with Crippen LogP contribution in [-0.4, -0.2) is 54.0 Å². The van der Waals surface area contributed by atoms with Crippen LogP contribution in [0, 0.1) is 0 Å². The average Bonchev–Trinajstić information content (AvgIpc) is 2.37. The SMILES string of the molecule is CCN1CCOC(CNc2cnnc(Cl)c2)C1. The summed E-state index contributed by atoms with van der Waals surface area (Å²) in [7, 11) is 0. The molecule has 1 aromatic rings. The first kappa shape index (κ1) is 12.5. The third-order valence-electron chi connectivity index (χ3n) is 2.83. The van der Waals surface area contributed by atoms with Crippen LogP contribution in [0.3, 0.4) is 0 Å². The maximum Gasteiger partial charge on any atom is 0.153 e. The van der Waals surface area contributed by atoms with Crippen LogP contribution in [0.4, 0.5) is 5.69 Å². The maximum atomic E-state index is 5.76. The van der Waals surface area contributed by atoms with Gasteiger partial charge >= 0.3 is 0 Å². The quantitative estimate of drug-likeness (QED) is 0.879. The van der Waals surface area contributed by atoms with E-state index in [4.69, 9.17) is 16.3 Å². The van der Waals surface area contributed by atoms with Crippen LogP contribution in [-0.2, 0) is 4.74 Å². The van der Waals surface area contributed by atoms with E-state index in [1.54, 1.807) is 12.3 Å². The minimum Gasteiger partial charge on any atom is -0.381 e. The summed E-state index contributed by atoms with van der Waals surface area (Å²) < 4.78 is 5.69. The number of hydrogen-bond donors (Lipinski definition) is 1. The van der Waals surface area contributed by atoms with Crippen molar-refractivity contribution < 1.29 is 4.74 Å². The number of nitrogens with one attached hydrogen (secondary N) is 1. The topological polar surface area (TPSA) is 50.3 Å². The second-order valence-corrected chi connectivity index (χ2v) is 4.42. The monoisotopic (exact) mass is 256 g/mol. The lowest BCUT2D eigenvalue weighted by Gasteiger charge is -2.32. The standard InChI is InChI=1S/C11H17ClN4O/c1-2-16-3-4-17-10(8-16)7-13-9-5-11(12)15-14-6-9/h5-6,10H,2-4,7-8H2,1H3,(H,13,15). The first-order valence-corrected chi connectivity index (χ1v) is 6.21. The smallest absolute Gasteiger partial charge is 0.153 e. The second kappa shape index (κ2) is 6.14. The summed E-state index contributed by atoms with van der Waals surface area (Å²) in [6.07, 6.45) is 1.88. The molecule has 0 aliphatic carbocycles. The highest BCUT2D eigenvalue weighted by Gasteiger charge is 2.18. The van der Waals surface area contributed by atoms with E-state index in [-0.39, 0.29) is 6.10 Å². The summed E-state index contributed by atoms with van der Waals surface area (Å²) in [5.74, 6) is 0. The molecule has 5 nitrogen and oxygen atoms in total. The third kappa shape index (κ3) is 3.80. The summed E-state index contributed by atoms with van der Waals surface area (Å²) in [6, 6.07) is 1.76. The Bertz CT molecular complexity index is 363. The average molecular weight is 257 g/mol. The molecular weight excluding hydrogens is 240 g/mol. The molecule has 1 N–H and O–H groups in total. The molecule has 1 unspecified atom stereocenters. The summed E-state index contributed by atoms with van der Waals surface area (Å²) in [5, 5.41) is 11.1. The number of rotatable bonds is 4. The number of hydrogen-bond acceptors (Lipinski definition) is 5. The van der Waals surface area contributed by atoms with Crippen molar-refractivity contribution in [1.82, 2.24) is 15.1 Å². The zero-order valence-electron chi connectivity index (χ0n) is 9.90. The predicted molar refractivity (Wildman–Crippen MR) is 67.4 cm³/mol. The second-order valence-electron chi connectivity index (χ2n) is 4.03. The van der Waals surface area contributed by atoms with Gasteiger partial charge in [-0.1, -0.05) is 18.5 Å². The van der Waals surface area contributed by atoms with Gasteiger partial charge in [0.15, 0.2) is 5.15 Å². The highest BCUT2D eigenvalue weighted by Crippen LogP contribution is 2.11. The van der Waals surface area contributed by atoms with Crippen molar-refractivity contribution >= 4 is 17.3 Å². The van der Waals surface area contributed by atoms with E-state index < -0.39 is 0 Å². The normalized spacial score (nSPS) is 21.4. The Morgan fingerprint density at radius 2 is 2.53 bits per heavy atom. The lowest BCUT2D eigenvalue weighted by molar-refractivity contribution is -0.0191. The largest absolute Gasteiger partial charge is 0.381 e. The molecule has 1 aliphatic heterocycles. The van der Waals surface area contributed by atoms with Gasteiger partial charge in [0.05, 0.1) is 24.6 Å². The molecule has 1 atom stereocenters. The number of anilines is 1. The third-order valence-corrected chi connectivity index (χ3v) is 3.01. The highest BCUT2D eigenvalue weighted by atomic mass is 35.5. The van der Waals surface area contributed by atoms with Crippen LogP contribution in [0.25, 0.3) is 0 Å². The highest BCUT2D eigenvalue weighted by molar-refractivity contribution is 6.29. The first-order chi connectivity index (χ1) is 8.28. The van der Waals surface area contributed by atoms with E-state index in [1.807, 2.05) is 0 Å². The van der Waals surface area contributed by atoms with Crippen LogP contribution in [0.15, 0.2) is 12.3 Å². The Labute approximate surface area is 106 Å². The summed E-state index contributed by atoms with van der Waals surface area (Å²) in [6.45, 7) is 6.80. The molecule has 0 bridgehead atoms. The number of nitrogens with zero attached hydrogens (tertiary/aromatic N) is 3. The molecule has 1 fully saturated rings. The van der Waals surface area contributed by atoms with E-state index in [0.29, 0.717) is 5.15 Å². The van der Waals surface area contributed by atoms with Crippen molar-refractivity contribution in [3.8, 4) is 0 Å². The Kier molecular flexibility index (Phi) is 4.53. The van der Waals surface area contributed by atoms with Gasteiger partial charge in [-0.15, -0.1) is 5.10 Å². The zero-order chi connectivity index (χ0) is 12.1. The molecule has 0 saturated carbocycles. The lowest BCUT2D eigenvalue weighted by Crippen LogP contribution is -2.45. The zero-order valence-corrected chi connectivity index (χ0v) is 10.7. The summed E-state index contributed by atoms with van der Waals surface area (Å²) in [4.78, 5) is 2.38. The molecule has 17 heavy (non-hydrogen) atoms. The van der Waals surface area contributed by atoms with Crippen LogP contribution in [0.2, 0.25) is 5.15 Å². The van der Waals surface area contributed by atoms with Crippen molar-refractivity contribution in [3.05, 3.63) is 17.4 Å². The lowest BCUT2D eigenvalue weighted by atomic mass is 10.2. The Balaban J connectivity index is 1.81. The maximum absolute atomic E-state index is 5.76. The summed E-state index contributed by atoms with van der Waals surface area (Å²) >= 11 is 5.76. The molecule has 0 radical (unpaired) electrons. The van der Waals surface area contributed by atoms with Gasteiger partial charge in [-0.05, 0) is 6.54 Å². The van der Waals surface area contributed by atoms with Crippen LogP contribution < -0.4 is 5.32 Å². The Morgan fingerprint density at radius 1 is 1.65 bits per heavy atom. The Morgan fingerprint density at radius 3 is 3.29 bits per heavy atom. The van der Waals surface area contributed by atoms with Crippen LogP contribution in [0.5, 0.6) is 0 Å². The number of likely N-dealkylation sites (N-methyl/N-ethyl adjacent to an activating group) is 1. The van der Waals surface area contributed by atoms with Gasteiger partial charge in [0.2, 0.25) is 0 Å². The molecule has 0 aromatic carbocycles. The van der Waals surface area contributed by atoms with E-state index in [0.717, 1.165) is 38.5 Å². The first-order valence-electron chi connectivity index (χ1n) is 5.84. The number of aromatic nitrogens is 2. The van der Waals surface area contributed by atoms with E-state index in [1.165, 1.54) is 0 Å². The van der Waals surface area contributed by atoms with Crippen molar-refractivity contribution in [3.63, 3.8) is 0 Å². The molecule has 1 aromatic heterocycles. The predicted octanol–water partition coefficient (Wildman–Crippen LogP) is 1.26. The fourth-order valence-electron chi connectivity index (χ4n) is 1.86. The van der Waals surface area contributed by atoms with Gasteiger partial charge in [-0.25, -0.2) is 0 Å². The molecule has 1 aliphatic rings. The van der Waals surface area contributed by atoms with Gasteiger partial charge < -0.3 is 10.1 Å². The fraction of sp³-hybridized carbons (Fsp3) is 0.636. The van der Waals surface area contributed by atoms with Crippen molar-refractivity contribution in [2.75, 3.05) is 38.1 Å². The number of halogens is 1. The van der Waals surface area contributed by atoms with Crippen molar-refractivity contribution in [2.45, 2.75) is 13.0 Å². The fourth-order valence-corrected chi connectivity index (χ4v) is 2.02. The molecule has 2 heterocycles. The van der Waals surface area contributed by atoms with E-state index in [2.05, 4.69) is 27.3 Å². The molecule has 0 spiro atoms. The molecule has 1 saturated heterocycles. The van der Waals surface area contributed by atoms with Crippen molar-refractivity contribution in [1.29, 1.82) is 0 Å². The molecule has 0 amide bonds. The van der Waals surface area contributed by atoms with Crippen LogP contribution >= 0.6 is 11.6 Å². The minimum absolute atomic E-state index is 0.218. The van der Waals surface area contributed by atoms with Crippen molar-refractivity contribution in [2.24, 2.45) is 0 Å². The molecular formula is C11H17ClN4O. The number of morpholine rings is 1. The van der Waals surface area contributed by atoms with E-state index in [9.17, 15) is 0 Å². The van der Waals surface area contributed by atoms with Gasteiger partial charge in [0.1, 0.15) is 0 Å². The van der Waals surface area contributed by atoms with Gasteiger partial charge in [0, 0.05) is 25.7 Å². The number of ether oxygens (including phenoxy) is 1. The molecule has 6 heteroatoms. The summed E-state index contributed by atoms with van der Waals surface area (Å²) in [5.41, 5.74) is 0.877. The molecule has 2 rings (SSSR count). The van der Waals surface area contributed by atoms with Gasteiger partial charge in [0.25, 0.3) is 0 Å².